The van der Waals surface area contributed by atoms with Gasteiger partial charge in [0.25, 0.3) is 5.56 Å². The van der Waals surface area contributed by atoms with Crippen LogP contribution in [0.1, 0.15) is 17.7 Å². The third kappa shape index (κ3) is 2.96. The van der Waals surface area contributed by atoms with Crippen molar-refractivity contribution in [2.75, 3.05) is 0 Å². The van der Waals surface area contributed by atoms with Gasteiger partial charge >= 0.3 is 0 Å². The number of hydrogen-bond acceptors (Lipinski definition) is 6. The van der Waals surface area contributed by atoms with Gasteiger partial charge in [-0.3, -0.25) is 9.36 Å². The molecule has 0 fully saturated rings. The number of thiophene rings is 1. The molecule has 8 heteroatoms. The van der Waals surface area contributed by atoms with E-state index in [1.807, 2.05) is 13.0 Å². The first-order valence-corrected chi connectivity index (χ1v) is 8.52. The molecule has 4 aromatic rings. The molecule has 0 aliphatic heterocycles. The van der Waals surface area contributed by atoms with Crippen molar-refractivity contribution in [2.24, 2.45) is 0 Å². The monoisotopic (exact) mass is 356 g/mol. The molecule has 126 valence electrons. The second-order valence-corrected chi connectivity index (χ2v) is 6.60. The Morgan fingerprint density at radius 1 is 1.28 bits per heavy atom. The van der Waals surface area contributed by atoms with Gasteiger partial charge < -0.3 is 4.52 Å². The van der Waals surface area contributed by atoms with E-state index in [0.717, 1.165) is 16.1 Å². The molecule has 6 nitrogen and oxygen atoms in total. The van der Waals surface area contributed by atoms with Crippen LogP contribution in [0.3, 0.4) is 0 Å². The zero-order valence-corrected chi connectivity index (χ0v) is 14.1. The molecule has 0 unspecified atom stereocenters. The lowest BCUT2D eigenvalue weighted by Crippen LogP contribution is -2.20. The van der Waals surface area contributed by atoms with E-state index in [1.165, 1.54) is 34.4 Å². The van der Waals surface area contributed by atoms with E-state index in [4.69, 9.17) is 4.52 Å². The van der Waals surface area contributed by atoms with Crippen molar-refractivity contribution in [3.63, 3.8) is 0 Å². The number of fused-ring (bicyclic) bond motifs is 1. The molecule has 0 saturated heterocycles. The summed E-state index contributed by atoms with van der Waals surface area (Å²) >= 11 is 1.52. The minimum absolute atomic E-state index is 0.132. The summed E-state index contributed by atoms with van der Waals surface area (Å²) in [4.78, 5) is 23.0. The topological polar surface area (TPSA) is 73.8 Å². The summed E-state index contributed by atoms with van der Waals surface area (Å²) in [5.41, 5.74) is 0.505. The molecular weight excluding hydrogens is 343 g/mol. The Labute approximate surface area is 145 Å². The molecule has 0 aliphatic rings. The highest BCUT2D eigenvalue weighted by Gasteiger charge is 2.13. The van der Waals surface area contributed by atoms with Crippen molar-refractivity contribution in [3.05, 3.63) is 63.6 Å². The quantitative estimate of drug-likeness (QED) is 0.561. The first-order valence-electron chi connectivity index (χ1n) is 7.70. The highest BCUT2D eigenvalue weighted by molar-refractivity contribution is 7.18. The molecule has 25 heavy (non-hydrogen) atoms. The van der Waals surface area contributed by atoms with E-state index in [1.54, 1.807) is 12.1 Å². The van der Waals surface area contributed by atoms with Crippen LogP contribution in [-0.2, 0) is 13.0 Å². The van der Waals surface area contributed by atoms with Gasteiger partial charge in [-0.05, 0) is 36.8 Å². The van der Waals surface area contributed by atoms with Gasteiger partial charge in [-0.25, -0.2) is 9.37 Å². The zero-order chi connectivity index (χ0) is 17.4. The molecule has 0 amide bonds. The van der Waals surface area contributed by atoms with Crippen molar-refractivity contribution in [3.8, 4) is 11.4 Å². The van der Waals surface area contributed by atoms with E-state index in [0.29, 0.717) is 16.8 Å². The van der Waals surface area contributed by atoms with Gasteiger partial charge in [-0.2, -0.15) is 4.98 Å². The predicted octanol–water partition coefficient (Wildman–Crippen LogP) is 3.26. The van der Waals surface area contributed by atoms with Gasteiger partial charge in [0.05, 0.1) is 11.7 Å². The lowest BCUT2D eigenvalue weighted by atomic mass is 10.2. The first-order chi connectivity index (χ1) is 12.1. The number of benzene rings is 1. The van der Waals surface area contributed by atoms with Gasteiger partial charge in [0.1, 0.15) is 17.2 Å². The maximum Gasteiger partial charge on any atom is 0.262 e. The number of rotatable bonds is 4. The lowest BCUT2D eigenvalue weighted by molar-refractivity contribution is 0.369. The summed E-state index contributed by atoms with van der Waals surface area (Å²) in [6, 6.07) is 7.68. The van der Waals surface area contributed by atoms with Gasteiger partial charge in [0, 0.05) is 10.4 Å². The van der Waals surface area contributed by atoms with Crippen LogP contribution in [0, 0.1) is 5.82 Å². The molecule has 0 radical (unpaired) electrons. The first kappa shape index (κ1) is 15.6. The van der Waals surface area contributed by atoms with Crippen molar-refractivity contribution in [1.29, 1.82) is 0 Å². The van der Waals surface area contributed by atoms with Crippen LogP contribution >= 0.6 is 11.3 Å². The summed E-state index contributed by atoms with van der Waals surface area (Å²) in [7, 11) is 0. The highest BCUT2D eigenvalue weighted by atomic mass is 32.1. The largest absolute Gasteiger partial charge is 0.337 e. The van der Waals surface area contributed by atoms with Crippen LogP contribution < -0.4 is 5.56 Å². The molecule has 0 saturated carbocycles. The van der Waals surface area contributed by atoms with Gasteiger partial charge in [-0.1, -0.05) is 12.1 Å². The van der Waals surface area contributed by atoms with Crippen LogP contribution in [0.25, 0.3) is 21.6 Å². The molecule has 0 spiro atoms. The van der Waals surface area contributed by atoms with Crippen molar-refractivity contribution >= 4 is 21.6 Å². The van der Waals surface area contributed by atoms with Gasteiger partial charge in [0.2, 0.25) is 11.7 Å². The minimum Gasteiger partial charge on any atom is -0.337 e. The predicted molar refractivity (Wildman–Crippen MR) is 92.1 cm³/mol. The standard InChI is InChI=1S/C17H13FN4O2S/c1-2-12-7-13-16(25-12)19-9-22(17(13)23)8-14-20-15(21-24-14)10-3-5-11(18)6-4-10/h3-7,9H,2,8H2,1H3. The normalized spacial score (nSPS) is 11.3. The van der Waals surface area contributed by atoms with Crippen molar-refractivity contribution in [1.82, 2.24) is 19.7 Å². The molecule has 0 bridgehead atoms. The highest BCUT2D eigenvalue weighted by Crippen LogP contribution is 2.21. The van der Waals surface area contributed by atoms with Gasteiger partial charge in [0.15, 0.2) is 0 Å². The second-order valence-electron chi connectivity index (χ2n) is 5.48. The van der Waals surface area contributed by atoms with Crippen molar-refractivity contribution in [2.45, 2.75) is 19.9 Å². The maximum atomic E-state index is 13.0. The van der Waals surface area contributed by atoms with E-state index in [9.17, 15) is 9.18 Å². The average molecular weight is 356 g/mol. The Morgan fingerprint density at radius 3 is 2.84 bits per heavy atom. The number of hydrogen-bond donors (Lipinski definition) is 0. The smallest absolute Gasteiger partial charge is 0.262 e. The van der Waals surface area contributed by atoms with Crippen LogP contribution in [0.2, 0.25) is 0 Å². The number of aryl methyl sites for hydroxylation is 1. The second kappa shape index (κ2) is 6.21. The van der Waals surface area contributed by atoms with Crippen LogP contribution in [-0.4, -0.2) is 19.7 Å². The van der Waals surface area contributed by atoms with E-state index < -0.39 is 0 Å². The average Bonchev–Trinajstić information content (AvgIpc) is 3.25. The Hall–Kier alpha value is -2.87. The van der Waals surface area contributed by atoms with E-state index in [-0.39, 0.29) is 23.8 Å². The van der Waals surface area contributed by atoms with Crippen LogP contribution in [0.15, 0.2) is 46.0 Å². The summed E-state index contributed by atoms with van der Waals surface area (Å²) in [6.07, 6.45) is 2.35. The SMILES string of the molecule is CCc1cc2c(=O)n(Cc3nc(-c4ccc(F)cc4)no3)cnc2s1. The molecule has 0 N–H and O–H groups in total. The number of nitrogens with zero attached hydrogens (tertiary/aromatic N) is 4. The lowest BCUT2D eigenvalue weighted by Gasteiger charge is -2.00. The third-order valence-corrected chi connectivity index (χ3v) is 4.98. The number of halogens is 1. The Morgan fingerprint density at radius 2 is 2.08 bits per heavy atom. The van der Waals surface area contributed by atoms with E-state index in [2.05, 4.69) is 15.1 Å². The fraction of sp³-hybridized carbons (Fsp3) is 0.176. The van der Waals surface area contributed by atoms with Crippen LogP contribution in [0.4, 0.5) is 4.39 Å². The molecule has 3 aromatic heterocycles. The molecule has 4 rings (SSSR count). The molecule has 0 atom stereocenters. The fourth-order valence-electron chi connectivity index (χ4n) is 2.48. The molecular formula is C17H13FN4O2S. The molecule has 3 heterocycles. The molecule has 1 aromatic carbocycles. The Kier molecular flexibility index (Phi) is 3.89. The fourth-order valence-corrected chi connectivity index (χ4v) is 3.40. The maximum absolute atomic E-state index is 13.0. The Bertz CT molecular complexity index is 1100. The summed E-state index contributed by atoms with van der Waals surface area (Å²) in [5, 5.41) is 4.48. The summed E-state index contributed by atoms with van der Waals surface area (Å²) in [5.74, 6) is 0.301. The summed E-state index contributed by atoms with van der Waals surface area (Å²) < 4.78 is 19.6. The zero-order valence-electron chi connectivity index (χ0n) is 13.3. The third-order valence-electron chi connectivity index (χ3n) is 3.79. The Balaban J connectivity index is 1.64. The van der Waals surface area contributed by atoms with E-state index >= 15 is 0 Å². The molecule has 0 aliphatic carbocycles. The van der Waals surface area contributed by atoms with Gasteiger partial charge in [-0.15, -0.1) is 11.3 Å². The minimum atomic E-state index is -0.333. The van der Waals surface area contributed by atoms with Crippen molar-refractivity contribution < 1.29 is 8.91 Å². The summed E-state index contributed by atoms with van der Waals surface area (Å²) in [6.45, 7) is 2.17. The van der Waals surface area contributed by atoms with Crippen LogP contribution in [0.5, 0.6) is 0 Å². The number of aromatic nitrogens is 4.